The zero-order valence-corrected chi connectivity index (χ0v) is 13.0. The Hall–Kier alpha value is -2.82. The molecule has 3 rings (SSSR count). The predicted molar refractivity (Wildman–Crippen MR) is 90.8 cm³/mol. The number of guanidine groups is 1. The molecule has 1 aliphatic heterocycles. The smallest absolute Gasteiger partial charge is 0.413 e. The van der Waals surface area contributed by atoms with Crippen LogP contribution in [0.4, 0.5) is 10.5 Å². The molecule has 0 saturated heterocycles. The van der Waals surface area contributed by atoms with E-state index in [0.717, 1.165) is 11.3 Å². The highest BCUT2D eigenvalue weighted by molar-refractivity contribution is 6.03. The van der Waals surface area contributed by atoms with Crippen LogP contribution in [0.1, 0.15) is 24.0 Å². The number of amides is 1. The van der Waals surface area contributed by atoms with Gasteiger partial charge < -0.3 is 10.1 Å². The third-order valence-electron chi connectivity index (χ3n) is 3.72. The van der Waals surface area contributed by atoms with Crippen LogP contribution < -0.4 is 10.6 Å². The molecule has 2 aromatic rings. The third-order valence-corrected chi connectivity index (χ3v) is 3.72. The van der Waals surface area contributed by atoms with Gasteiger partial charge in [0.2, 0.25) is 5.96 Å². The highest BCUT2D eigenvalue weighted by Gasteiger charge is 2.21. The van der Waals surface area contributed by atoms with Crippen LogP contribution in [0.5, 0.6) is 0 Å². The normalized spacial score (nSPS) is 16.4. The minimum Gasteiger partial charge on any atom is -0.450 e. The van der Waals surface area contributed by atoms with Crippen molar-refractivity contribution in [3.05, 3.63) is 65.7 Å². The van der Waals surface area contributed by atoms with E-state index in [2.05, 4.69) is 33.8 Å². The topological polar surface area (TPSA) is 62.7 Å². The molecule has 2 N–H and O–H groups in total. The fourth-order valence-corrected chi connectivity index (χ4v) is 2.67. The van der Waals surface area contributed by atoms with Crippen molar-refractivity contribution >= 4 is 17.7 Å². The number of nitrogens with zero attached hydrogens (tertiary/aromatic N) is 1. The summed E-state index contributed by atoms with van der Waals surface area (Å²) >= 11 is 0. The molecule has 5 heteroatoms. The van der Waals surface area contributed by atoms with Gasteiger partial charge in [-0.15, -0.1) is 0 Å². The Kier molecular flexibility index (Phi) is 4.57. The fraction of sp³-hybridized carbons (Fsp3) is 0.222. The lowest BCUT2D eigenvalue weighted by molar-refractivity contribution is 0.158. The lowest BCUT2D eigenvalue weighted by atomic mass is 9.90. The number of alkyl carbamates (subject to hydrolysis) is 1. The number of hydrogen-bond acceptors (Lipinski definition) is 4. The Balaban J connectivity index is 1.91. The van der Waals surface area contributed by atoms with E-state index in [1.54, 1.807) is 6.92 Å². The van der Waals surface area contributed by atoms with Gasteiger partial charge in [-0.25, -0.2) is 4.79 Å². The molecule has 5 nitrogen and oxygen atoms in total. The molecule has 0 aliphatic carbocycles. The van der Waals surface area contributed by atoms with Crippen LogP contribution in [0.2, 0.25) is 0 Å². The molecule has 0 fully saturated rings. The van der Waals surface area contributed by atoms with E-state index < -0.39 is 6.09 Å². The average Bonchev–Trinajstić information content (AvgIpc) is 2.75. The monoisotopic (exact) mass is 309 g/mol. The molecule has 1 heterocycles. The van der Waals surface area contributed by atoms with Crippen molar-refractivity contribution in [3.8, 4) is 0 Å². The molecular weight excluding hydrogens is 290 g/mol. The largest absolute Gasteiger partial charge is 0.450 e. The van der Waals surface area contributed by atoms with Crippen LogP contribution >= 0.6 is 0 Å². The molecule has 23 heavy (non-hydrogen) atoms. The summed E-state index contributed by atoms with van der Waals surface area (Å²) in [6, 6.07) is 18.3. The van der Waals surface area contributed by atoms with Gasteiger partial charge in [-0.1, -0.05) is 48.5 Å². The first kappa shape index (κ1) is 15.1. The maximum atomic E-state index is 11.6. The Labute approximate surface area is 135 Å². The molecule has 1 amide bonds. The van der Waals surface area contributed by atoms with E-state index in [4.69, 9.17) is 4.74 Å². The summed E-state index contributed by atoms with van der Waals surface area (Å²) in [5, 5.41) is 5.84. The van der Waals surface area contributed by atoms with Crippen molar-refractivity contribution in [1.29, 1.82) is 0 Å². The van der Waals surface area contributed by atoms with E-state index in [1.807, 2.05) is 36.4 Å². The number of benzene rings is 2. The number of carbonyl (C=O) groups excluding carboxylic acids is 1. The van der Waals surface area contributed by atoms with Crippen molar-refractivity contribution in [2.75, 3.05) is 18.5 Å². The molecule has 0 saturated carbocycles. The van der Waals surface area contributed by atoms with E-state index in [9.17, 15) is 4.79 Å². The van der Waals surface area contributed by atoms with E-state index in [0.29, 0.717) is 19.1 Å². The lowest BCUT2D eigenvalue weighted by Crippen LogP contribution is -2.36. The van der Waals surface area contributed by atoms with Crippen LogP contribution in [0.3, 0.4) is 0 Å². The Morgan fingerprint density at radius 1 is 1.22 bits per heavy atom. The van der Waals surface area contributed by atoms with Gasteiger partial charge >= 0.3 is 6.09 Å². The maximum absolute atomic E-state index is 11.6. The molecule has 0 radical (unpaired) electrons. The van der Waals surface area contributed by atoms with Crippen LogP contribution in [0.15, 0.2) is 59.6 Å². The average molecular weight is 309 g/mol. The quantitative estimate of drug-likeness (QED) is 0.894. The molecule has 1 unspecified atom stereocenters. The summed E-state index contributed by atoms with van der Waals surface area (Å²) in [5.74, 6) is 0.552. The van der Waals surface area contributed by atoms with Gasteiger partial charge in [0.05, 0.1) is 13.2 Å². The van der Waals surface area contributed by atoms with Crippen molar-refractivity contribution in [2.24, 2.45) is 4.99 Å². The zero-order chi connectivity index (χ0) is 16.1. The van der Waals surface area contributed by atoms with Crippen LogP contribution in [-0.4, -0.2) is 25.2 Å². The fourth-order valence-electron chi connectivity index (χ4n) is 2.67. The number of carbonyl (C=O) groups is 1. The summed E-state index contributed by atoms with van der Waals surface area (Å²) in [5.41, 5.74) is 3.29. The number of nitrogens with one attached hydrogen (secondary N) is 2. The molecule has 1 aliphatic rings. The second-order valence-corrected chi connectivity index (χ2v) is 5.21. The van der Waals surface area contributed by atoms with Gasteiger partial charge in [0, 0.05) is 11.6 Å². The van der Waals surface area contributed by atoms with E-state index >= 15 is 0 Å². The van der Waals surface area contributed by atoms with Gasteiger partial charge in [-0.3, -0.25) is 10.3 Å². The number of rotatable bonds is 2. The summed E-state index contributed by atoms with van der Waals surface area (Å²) in [4.78, 5) is 16.1. The minimum atomic E-state index is -0.505. The summed E-state index contributed by atoms with van der Waals surface area (Å²) in [7, 11) is 0. The molecule has 0 aromatic heterocycles. The molecule has 1 atom stereocenters. The Bertz CT molecular complexity index is 713. The SMILES string of the molecule is CCOC(=O)NC1=NCC(c2ccccc2)c2ccccc2N1. The van der Waals surface area contributed by atoms with Gasteiger partial charge in [0.1, 0.15) is 0 Å². The molecule has 2 aromatic carbocycles. The number of para-hydroxylation sites is 1. The number of fused-ring (bicyclic) bond motifs is 1. The van der Waals surface area contributed by atoms with E-state index in [-0.39, 0.29) is 5.92 Å². The predicted octanol–water partition coefficient (Wildman–Crippen LogP) is 3.35. The van der Waals surface area contributed by atoms with Crippen molar-refractivity contribution in [2.45, 2.75) is 12.8 Å². The number of hydrogen-bond donors (Lipinski definition) is 2. The van der Waals surface area contributed by atoms with Crippen molar-refractivity contribution < 1.29 is 9.53 Å². The standard InChI is InChI=1S/C18H19N3O2/c1-2-23-18(22)21-17-19-12-15(13-8-4-3-5-9-13)14-10-6-7-11-16(14)20-17/h3-11,15H,2,12H2,1H3,(H2,19,20,21,22). The summed E-state index contributed by atoms with van der Waals surface area (Å²) in [6.45, 7) is 2.64. The van der Waals surface area contributed by atoms with Crippen LogP contribution in [0.25, 0.3) is 0 Å². The van der Waals surface area contributed by atoms with Gasteiger partial charge in [0.15, 0.2) is 0 Å². The highest BCUT2D eigenvalue weighted by atomic mass is 16.5. The van der Waals surface area contributed by atoms with Crippen molar-refractivity contribution in [3.63, 3.8) is 0 Å². The zero-order valence-electron chi connectivity index (χ0n) is 13.0. The lowest BCUT2D eigenvalue weighted by Gasteiger charge is -2.16. The highest BCUT2D eigenvalue weighted by Crippen LogP contribution is 2.32. The number of anilines is 1. The molecule has 0 spiro atoms. The minimum absolute atomic E-state index is 0.140. The summed E-state index contributed by atoms with van der Waals surface area (Å²) in [6.07, 6.45) is -0.505. The van der Waals surface area contributed by atoms with Crippen LogP contribution in [0, 0.1) is 0 Å². The molecule has 0 bridgehead atoms. The Morgan fingerprint density at radius 2 is 1.96 bits per heavy atom. The van der Waals surface area contributed by atoms with Crippen LogP contribution in [-0.2, 0) is 4.74 Å². The maximum Gasteiger partial charge on any atom is 0.413 e. The Morgan fingerprint density at radius 3 is 2.74 bits per heavy atom. The molecule has 118 valence electrons. The number of aliphatic imine (C=N–C) groups is 1. The first-order valence-electron chi connectivity index (χ1n) is 7.67. The van der Waals surface area contributed by atoms with E-state index in [1.165, 1.54) is 5.56 Å². The van der Waals surface area contributed by atoms with Gasteiger partial charge in [-0.2, -0.15) is 0 Å². The molecular formula is C18H19N3O2. The summed E-state index contributed by atoms with van der Waals surface area (Å²) < 4.78 is 4.91. The van der Waals surface area contributed by atoms with Gasteiger partial charge in [0.25, 0.3) is 0 Å². The first-order chi connectivity index (χ1) is 11.3. The second kappa shape index (κ2) is 6.96. The van der Waals surface area contributed by atoms with Gasteiger partial charge in [-0.05, 0) is 24.1 Å². The van der Waals surface area contributed by atoms with Crippen molar-refractivity contribution in [1.82, 2.24) is 5.32 Å². The first-order valence-corrected chi connectivity index (χ1v) is 7.67. The second-order valence-electron chi connectivity index (χ2n) is 5.21. The third kappa shape index (κ3) is 3.51. The number of ether oxygens (including phenoxy) is 1.